The Morgan fingerprint density at radius 1 is 1.15 bits per heavy atom. The highest BCUT2D eigenvalue weighted by Gasteiger charge is 2.23. The summed E-state index contributed by atoms with van der Waals surface area (Å²) in [4.78, 5) is 20.1. The Labute approximate surface area is 150 Å². The van der Waals surface area contributed by atoms with Crippen LogP contribution < -0.4 is 10.5 Å². The van der Waals surface area contributed by atoms with Crippen molar-refractivity contribution in [2.75, 3.05) is 7.11 Å². The fourth-order valence-electron chi connectivity index (χ4n) is 3.40. The van der Waals surface area contributed by atoms with Crippen molar-refractivity contribution in [2.45, 2.75) is 12.3 Å². The molecule has 4 aromatic rings. The lowest BCUT2D eigenvalue weighted by atomic mass is 9.94. The molecule has 0 bridgehead atoms. The highest BCUT2D eigenvalue weighted by molar-refractivity contribution is 6.09. The van der Waals surface area contributed by atoms with Gasteiger partial charge in [0, 0.05) is 23.0 Å². The van der Waals surface area contributed by atoms with Gasteiger partial charge in [0.15, 0.2) is 0 Å². The van der Waals surface area contributed by atoms with Crippen LogP contribution in [-0.4, -0.2) is 23.0 Å². The molecular weight excluding hydrogens is 326 g/mol. The first-order chi connectivity index (χ1) is 12.7. The number of nitrogens with two attached hydrogens (primary N) is 1. The summed E-state index contributed by atoms with van der Waals surface area (Å²) < 4.78 is 5.30. The molecule has 130 valence electrons. The van der Waals surface area contributed by atoms with Crippen LogP contribution in [0.3, 0.4) is 0 Å². The van der Waals surface area contributed by atoms with E-state index in [1.54, 1.807) is 13.3 Å². The maximum absolute atomic E-state index is 12.2. The molecule has 4 rings (SSSR count). The zero-order valence-electron chi connectivity index (χ0n) is 14.4. The number of hydrogen-bond acceptors (Lipinski definition) is 3. The van der Waals surface area contributed by atoms with E-state index < -0.39 is 5.92 Å². The number of aromatic amines is 1. The lowest BCUT2D eigenvalue weighted by molar-refractivity contribution is -0.119. The van der Waals surface area contributed by atoms with Gasteiger partial charge in [-0.2, -0.15) is 0 Å². The van der Waals surface area contributed by atoms with Gasteiger partial charge in [-0.15, -0.1) is 0 Å². The standard InChI is InChI=1S/C21H19N3O2/c1-26-14-7-8-15-16-9-10-23-19(20(16)24-18(15)12-14)17(21(22)25)11-13-5-3-2-4-6-13/h2-10,12,17,24H,11H2,1H3,(H2,22,25). The molecule has 2 aromatic carbocycles. The van der Waals surface area contributed by atoms with E-state index in [2.05, 4.69) is 9.97 Å². The van der Waals surface area contributed by atoms with E-state index in [0.29, 0.717) is 12.1 Å². The molecule has 5 nitrogen and oxygen atoms in total. The maximum atomic E-state index is 12.2. The zero-order valence-corrected chi connectivity index (χ0v) is 14.4. The number of primary amides is 1. The highest BCUT2D eigenvalue weighted by atomic mass is 16.5. The van der Waals surface area contributed by atoms with Crippen LogP contribution in [-0.2, 0) is 11.2 Å². The first kappa shape index (κ1) is 16.1. The van der Waals surface area contributed by atoms with E-state index >= 15 is 0 Å². The third-order valence-corrected chi connectivity index (χ3v) is 4.71. The average Bonchev–Trinajstić information content (AvgIpc) is 3.04. The second kappa shape index (κ2) is 6.52. The van der Waals surface area contributed by atoms with E-state index in [1.807, 2.05) is 54.6 Å². The topological polar surface area (TPSA) is 81.0 Å². The predicted molar refractivity (Wildman–Crippen MR) is 102 cm³/mol. The van der Waals surface area contributed by atoms with E-state index in [9.17, 15) is 4.79 Å². The summed E-state index contributed by atoms with van der Waals surface area (Å²) >= 11 is 0. The quantitative estimate of drug-likeness (QED) is 0.580. The molecule has 3 N–H and O–H groups in total. The van der Waals surface area contributed by atoms with Crippen LogP contribution in [0.25, 0.3) is 21.8 Å². The summed E-state index contributed by atoms with van der Waals surface area (Å²) in [6.07, 6.45) is 2.25. The van der Waals surface area contributed by atoms with Crippen molar-refractivity contribution in [3.8, 4) is 5.75 Å². The molecule has 0 saturated carbocycles. The summed E-state index contributed by atoms with van der Waals surface area (Å²) in [6.45, 7) is 0. The van der Waals surface area contributed by atoms with E-state index in [1.165, 1.54) is 0 Å². The van der Waals surface area contributed by atoms with Gasteiger partial charge in [-0.3, -0.25) is 9.78 Å². The molecule has 0 radical (unpaired) electrons. The first-order valence-electron chi connectivity index (χ1n) is 8.45. The summed E-state index contributed by atoms with van der Waals surface area (Å²) in [5.41, 5.74) is 9.24. The number of hydrogen-bond donors (Lipinski definition) is 2. The lowest BCUT2D eigenvalue weighted by Crippen LogP contribution is -2.24. The minimum absolute atomic E-state index is 0.384. The average molecular weight is 345 g/mol. The molecule has 2 heterocycles. The molecule has 1 atom stereocenters. The summed E-state index contributed by atoms with van der Waals surface area (Å²) in [7, 11) is 1.64. The summed E-state index contributed by atoms with van der Waals surface area (Å²) in [5, 5.41) is 2.08. The second-order valence-electron chi connectivity index (χ2n) is 6.30. The van der Waals surface area contributed by atoms with E-state index in [-0.39, 0.29) is 5.91 Å². The van der Waals surface area contributed by atoms with Crippen molar-refractivity contribution >= 4 is 27.7 Å². The minimum Gasteiger partial charge on any atom is -0.497 e. The molecule has 26 heavy (non-hydrogen) atoms. The second-order valence-corrected chi connectivity index (χ2v) is 6.30. The minimum atomic E-state index is -0.504. The van der Waals surface area contributed by atoms with Gasteiger partial charge in [0.1, 0.15) is 5.75 Å². The number of carbonyl (C=O) groups is 1. The number of pyridine rings is 1. The van der Waals surface area contributed by atoms with Crippen molar-refractivity contribution in [3.63, 3.8) is 0 Å². The SMILES string of the molecule is COc1ccc2c(c1)[nH]c1c(C(Cc3ccccc3)C(N)=O)nccc12. The molecule has 0 aliphatic heterocycles. The number of nitrogens with zero attached hydrogens (tertiary/aromatic N) is 1. The van der Waals surface area contributed by atoms with Gasteiger partial charge in [-0.1, -0.05) is 30.3 Å². The summed E-state index contributed by atoms with van der Waals surface area (Å²) in [5.74, 6) is -0.115. The number of fused-ring (bicyclic) bond motifs is 3. The van der Waals surface area contributed by atoms with E-state index in [4.69, 9.17) is 10.5 Å². The normalized spacial score (nSPS) is 12.3. The van der Waals surface area contributed by atoms with Crippen LogP contribution in [0.1, 0.15) is 17.2 Å². The van der Waals surface area contributed by atoms with Gasteiger partial charge in [0.25, 0.3) is 0 Å². The molecule has 0 saturated heterocycles. The molecule has 1 unspecified atom stereocenters. The largest absolute Gasteiger partial charge is 0.497 e. The fourth-order valence-corrected chi connectivity index (χ4v) is 3.40. The third-order valence-electron chi connectivity index (χ3n) is 4.71. The molecule has 0 fully saturated rings. The van der Waals surface area contributed by atoms with Gasteiger partial charge < -0.3 is 15.5 Å². The third kappa shape index (κ3) is 2.77. The Morgan fingerprint density at radius 3 is 2.69 bits per heavy atom. The van der Waals surface area contributed by atoms with Crippen LogP contribution in [0.2, 0.25) is 0 Å². The molecular formula is C21H19N3O2. The molecule has 0 aliphatic carbocycles. The number of nitrogens with one attached hydrogen (secondary N) is 1. The Hall–Kier alpha value is -3.34. The Balaban J connectivity index is 1.87. The predicted octanol–water partition coefficient (Wildman–Crippen LogP) is 3.54. The van der Waals surface area contributed by atoms with Crippen molar-refractivity contribution in [2.24, 2.45) is 5.73 Å². The number of methoxy groups -OCH3 is 1. The van der Waals surface area contributed by atoms with Crippen LogP contribution >= 0.6 is 0 Å². The van der Waals surface area contributed by atoms with Crippen LogP contribution in [0, 0.1) is 0 Å². The highest BCUT2D eigenvalue weighted by Crippen LogP contribution is 2.32. The van der Waals surface area contributed by atoms with Gasteiger partial charge in [0.2, 0.25) is 5.91 Å². The first-order valence-corrected chi connectivity index (χ1v) is 8.45. The molecule has 0 spiro atoms. The molecule has 0 aliphatic rings. The number of carbonyl (C=O) groups excluding carboxylic acids is 1. The van der Waals surface area contributed by atoms with Gasteiger partial charge in [0.05, 0.1) is 29.8 Å². The number of ether oxygens (including phenoxy) is 1. The van der Waals surface area contributed by atoms with Crippen molar-refractivity contribution in [1.29, 1.82) is 0 Å². The monoisotopic (exact) mass is 345 g/mol. The molecule has 1 amide bonds. The molecule has 5 heteroatoms. The number of H-pyrrole nitrogens is 1. The van der Waals surface area contributed by atoms with Crippen LogP contribution in [0.5, 0.6) is 5.75 Å². The van der Waals surface area contributed by atoms with Crippen molar-refractivity contribution in [1.82, 2.24) is 9.97 Å². The zero-order chi connectivity index (χ0) is 18.1. The number of aromatic nitrogens is 2. The Morgan fingerprint density at radius 2 is 1.96 bits per heavy atom. The number of rotatable bonds is 5. The number of benzene rings is 2. The van der Waals surface area contributed by atoms with Gasteiger partial charge in [-0.25, -0.2) is 0 Å². The molecule has 2 aromatic heterocycles. The van der Waals surface area contributed by atoms with Gasteiger partial charge in [-0.05, 0) is 30.2 Å². The Bertz CT molecular complexity index is 1090. The van der Waals surface area contributed by atoms with Gasteiger partial charge >= 0.3 is 0 Å². The van der Waals surface area contributed by atoms with Crippen molar-refractivity contribution < 1.29 is 9.53 Å². The summed E-state index contributed by atoms with van der Waals surface area (Å²) in [6, 6.07) is 17.7. The van der Waals surface area contributed by atoms with E-state index in [0.717, 1.165) is 33.1 Å². The Kier molecular flexibility index (Phi) is 4.05. The smallest absolute Gasteiger partial charge is 0.226 e. The number of amides is 1. The lowest BCUT2D eigenvalue weighted by Gasteiger charge is -2.14. The van der Waals surface area contributed by atoms with Crippen LogP contribution in [0.4, 0.5) is 0 Å². The van der Waals surface area contributed by atoms with Crippen molar-refractivity contribution in [3.05, 3.63) is 72.1 Å². The maximum Gasteiger partial charge on any atom is 0.226 e. The fraction of sp³-hybridized carbons (Fsp3) is 0.143. The van der Waals surface area contributed by atoms with Crippen LogP contribution in [0.15, 0.2) is 60.8 Å².